The number of aromatic nitrogens is 4. The van der Waals surface area contributed by atoms with Crippen molar-refractivity contribution in [1.82, 2.24) is 20.2 Å². The van der Waals surface area contributed by atoms with E-state index in [-0.39, 0.29) is 11.0 Å². The molecule has 26 heavy (non-hydrogen) atoms. The summed E-state index contributed by atoms with van der Waals surface area (Å²) in [6, 6.07) is 15.9. The Labute approximate surface area is 155 Å². The zero-order chi connectivity index (χ0) is 18.1. The second kappa shape index (κ2) is 6.80. The van der Waals surface area contributed by atoms with Crippen LogP contribution in [0.1, 0.15) is 22.8 Å². The van der Waals surface area contributed by atoms with Gasteiger partial charge in [-0.3, -0.25) is 9.89 Å². The number of carbonyl (C=O) groups excluding carboxylic acids is 1. The van der Waals surface area contributed by atoms with Crippen LogP contribution in [0.15, 0.2) is 59.9 Å². The normalized spacial score (nSPS) is 12.4. The Morgan fingerprint density at radius 2 is 1.88 bits per heavy atom. The van der Waals surface area contributed by atoms with Gasteiger partial charge < -0.3 is 4.98 Å². The second-order valence-electron chi connectivity index (χ2n) is 6.20. The van der Waals surface area contributed by atoms with Crippen molar-refractivity contribution < 1.29 is 4.79 Å². The molecule has 0 spiro atoms. The van der Waals surface area contributed by atoms with Crippen molar-refractivity contribution in [1.29, 1.82) is 0 Å². The van der Waals surface area contributed by atoms with Gasteiger partial charge in [0.25, 0.3) is 0 Å². The number of aromatic amines is 2. The molecule has 1 atom stereocenters. The van der Waals surface area contributed by atoms with Crippen LogP contribution in [0.5, 0.6) is 0 Å². The number of fused-ring (bicyclic) bond motifs is 1. The first-order valence-electron chi connectivity index (χ1n) is 8.38. The van der Waals surface area contributed by atoms with Crippen molar-refractivity contribution in [2.24, 2.45) is 0 Å². The Morgan fingerprint density at radius 3 is 2.69 bits per heavy atom. The van der Waals surface area contributed by atoms with Crippen molar-refractivity contribution in [2.45, 2.75) is 24.3 Å². The van der Waals surface area contributed by atoms with E-state index in [1.807, 2.05) is 62.4 Å². The van der Waals surface area contributed by atoms with Crippen LogP contribution in [-0.4, -0.2) is 31.2 Å². The molecule has 6 heteroatoms. The molecule has 2 aromatic carbocycles. The van der Waals surface area contributed by atoms with Gasteiger partial charge >= 0.3 is 0 Å². The van der Waals surface area contributed by atoms with Gasteiger partial charge in [-0.15, -0.1) is 5.10 Å². The summed E-state index contributed by atoms with van der Waals surface area (Å²) in [4.78, 5) is 20.5. The summed E-state index contributed by atoms with van der Waals surface area (Å²) in [5.41, 5.74) is 3.84. The molecule has 0 aliphatic carbocycles. The molecule has 130 valence electrons. The number of aryl methyl sites for hydroxylation is 1. The number of hydrogen-bond donors (Lipinski definition) is 2. The minimum absolute atomic E-state index is 0.0640. The largest absolute Gasteiger partial charge is 0.360 e. The standard InChI is InChI=1S/C20H18N4OS/c1-12-7-9-14(10-8-12)19-22-20(24-23-19)26-13(2)18(25)16-11-21-17-6-4-3-5-15(16)17/h3-11,13,21H,1-2H3,(H,22,23,24). The lowest BCUT2D eigenvalue weighted by Gasteiger charge is -2.06. The highest BCUT2D eigenvalue weighted by molar-refractivity contribution is 8.00. The maximum Gasteiger partial charge on any atom is 0.209 e. The molecule has 5 nitrogen and oxygen atoms in total. The quantitative estimate of drug-likeness (QED) is 0.401. The van der Waals surface area contributed by atoms with Gasteiger partial charge in [0.05, 0.1) is 5.25 Å². The van der Waals surface area contributed by atoms with Crippen LogP contribution < -0.4 is 0 Å². The highest BCUT2D eigenvalue weighted by Gasteiger charge is 2.21. The van der Waals surface area contributed by atoms with Crippen LogP contribution in [0.25, 0.3) is 22.3 Å². The molecule has 2 aromatic heterocycles. The van der Waals surface area contributed by atoms with E-state index in [1.54, 1.807) is 6.20 Å². The third-order valence-electron chi connectivity index (χ3n) is 4.30. The van der Waals surface area contributed by atoms with Gasteiger partial charge in [0.1, 0.15) is 0 Å². The maximum absolute atomic E-state index is 12.8. The minimum Gasteiger partial charge on any atom is -0.360 e. The zero-order valence-electron chi connectivity index (χ0n) is 14.5. The molecule has 0 saturated carbocycles. The van der Waals surface area contributed by atoms with Gasteiger partial charge in [-0.2, -0.15) is 0 Å². The number of Topliss-reactive ketones (excluding diaryl/α,β-unsaturated/α-hetero) is 1. The van der Waals surface area contributed by atoms with Gasteiger partial charge in [-0.05, 0) is 19.9 Å². The fourth-order valence-corrected chi connectivity index (χ4v) is 3.64. The van der Waals surface area contributed by atoms with Crippen molar-refractivity contribution in [3.63, 3.8) is 0 Å². The monoisotopic (exact) mass is 362 g/mol. The van der Waals surface area contributed by atoms with Crippen molar-refractivity contribution >= 4 is 28.4 Å². The molecular weight excluding hydrogens is 344 g/mol. The number of nitrogens with zero attached hydrogens (tertiary/aromatic N) is 2. The molecule has 2 heterocycles. The molecule has 0 amide bonds. The summed E-state index contributed by atoms with van der Waals surface area (Å²) in [7, 11) is 0. The number of rotatable bonds is 5. The fraction of sp³-hybridized carbons (Fsp3) is 0.150. The van der Waals surface area contributed by atoms with Crippen LogP contribution in [-0.2, 0) is 0 Å². The molecular formula is C20H18N4OS. The zero-order valence-corrected chi connectivity index (χ0v) is 15.3. The maximum atomic E-state index is 12.8. The molecule has 0 bridgehead atoms. The number of hydrogen-bond acceptors (Lipinski definition) is 4. The van der Waals surface area contributed by atoms with Gasteiger partial charge in [0.2, 0.25) is 5.16 Å². The molecule has 2 N–H and O–H groups in total. The van der Waals surface area contributed by atoms with E-state index in [2.05, 4.69) is 20.2 Å². The first-order chi connectivity index (χ1) is 12.6. The van der Waals surface area contributed by atoms with Gasteiger partial charge in [0, 0.05) is 28.2 Å². The number of ketones is 1. The first kappa shape index (κ1) is 16.6. The number of thioether (sulfide) groups is 1. The SMILES string of the molecule is Cc1ccc(-c2nc(SC(C)C(=O)c3c[nH]c4ccccc34)n[nH]2)cc1. The van der Waals surface area contributed by atoms with E-state index < -0.39 is 0 Å². The van der Waals surface area contributed by atoms with Crippen LogP contribution in [0, 0.1) is 6.92 Å². The third kappa shape index (κ3) is 3.15. The summed E-state index contributed by atoms with van der Waals surface area (Å²) >= 11 is 1.36. The predicted molar refractivity (Wildman–Crippen MR) is 105 cm³/mol. The highest BCUT2D eigenvalue weighted by atomic mass is 32.2. The lowest BCUT2D eigenvalue weighted by atomic mass is 10.1. The molecule has 0 saturated heterocycles. The van der Waals surface area contributed by atoms with E-state index in [0.29, 0.717) is 16.5 Å². The summed E-state index contributed by atoms with van der Waals surface area (Å²) in [6.07, 6.45) is 1.78. The average Bonchev–Trinajstić information content (AvgIpc) is 3.29. The Kier molecular flexibility index (Phi) is 4.34. The lowest BCUT2D eigenvalue weighted by molar-refractivity contribution is 0.0995. The van der Waals surface area contributed by atoms with Crippen molar-refractivity contribution in [2.75, 3.05) is 0 Å². The van der Waals surface area contributed by atoms with Gasteiger partial charge in [-0.25, -0.2) is 4.98 Å². The Balaban J connectivity index is 1.52. The van der Waals surface area contributed by atoms with E-state index in [1.165, 1.54) is 17.3 Å². The fourth-order valence-electron chi connectivity index (χ4n) is 2.85. The van der Waals surface area contributed by atoms with Crippen LogP contribution in [0.4, 0.5) is 0 Å². The van der Waals surface area contributed by atoms with Crippen molar-refractivity contribution in [3.05, 3.63) is 65.9 Å². The van der Waals surface area contributed by atoms with Gasteiger partial charge in [0.15, 0.2) is 11.6 Å². The van der Waals surface area contributed by atoms with Crippen LogP contribution in [0.3, 0.4) is 0 Å². The average molecular weight is 362 g/mol. The molecule has 0 aliphatic rings. The lowest BCUT2D eigenvalue weighted by Crippen LogP contribution is -2.13. The number of para-hydroxylation sites is 1. The van der Waals surface area contributed by atoms with E-state index >= 15 is 0 Å². The molecule has 0 aliphatic heterocycles. The number of H-pyrrole nitrogens is 2. The smallest absolute Gasteiger partial charge is 0.209 e. The summed E-state index contributed by atoms with van der Waals surface area (Å²) in [5.74, 6) is 0.772. The van der Waals surface area contributed by atoms with Crippen LogP contribution in [0.2, 0.25) is 0 Å². The molecule has 4 rings (SSSR count). The number of carbonyl (C=O) groups is 1. The Hall–Kier alpha value is -2.86. The molecule has 4 aromatic rings. The minimum atomic E-state index is -0.282. The number of benzene rings is 2. The topological polar surface area (TPSA) is 74.4 Å². The third-order valence-corrected chi connectivity index (χ3v) is 5.26. The summed E-state index contributed by atoms with van der Waals surface area (Å²) in [5, 5.41) is 8.43. The highest BCUT2D eigenvalue weighted by Crippen LogP contribution is 2.27. The van der Waals surface area contributed by atoms with Crippen molar-refractivity contribution in [3.8, 4) is 11.4 Å². The first-order valence-corrected chi connectivity index (χ1v) is 9.26. The second-order valence-corrected chi connectivity index (χ2v) is 7.51. The molecule has 0 radical (unpaired) electrons. The van der Waals surface area contributed by atoms with Crippen LogP contribution >= 0.6 is 11.8 Å². The van der Waals surface area contributed by atoms with E-state index in [0.717, 1.165) is 16.5 Å². The van der Waals surface area contributed by atoms with E-state index in [9.17, 15) is 4.79 Å². The number of nitrogens with one attached hydrogen (secondary N) is 2. The summed E-state index contributed by atoms with van der Waals surface area (Å²) in [6.45, 7) is 3.93. The Morgan fingerprint density at radius 1 is 1.12 bits per heavy atom. The van der Waals surface area contributed by atoms with Gasteiger partial charge in [-0.1, -0.05) is 59.8 Å². The Bertz CT molecular complexity index is 1060. The van der Waals surface area contributed by atoms with E-state index in [4.69, 9.17) is 0 Å². The predicted octanol–water partition coefficient (Wildman–Crippen LogP) is 4.62. The molecule has 0 fully saturated rings. The summed E-state index contributed by atoms with van der Waals surface area (Å²) < 4.78 is 0. The molecule has 1 unspecified atom stereocenters.